The van der Waals surface area contributed by atoms with Gasteiger partial charge in [-0.1, -0.05) is 0 Å². The van der Waals surface area contributed by atoms with Crippen LogP contribution in [0.25, 0.3) is 0 Å². The third-order valence-electron chi connectivity index (χ3n) is 7.24. The molecule has 1 aromatic rings. The molecule has 28 heavy (non-hydrogen) atoms. The van der Waals surface area contributed by atoms with Crippen LogP contribution in [0, 0.1) is 5.92 Å². The van der Waals surface area contributed by atoms with Gasteiger partial charge in [0.15, 0.2) is 0 Å². The summed E-state index contributed by atoms with van der Waals surface area (Å²) < 4.78 is 12.0. The Balaban J connectivity index is 1.20. The topological polar surface area (TPSA) is 54.9 Å². The highest BCUT2D eigenvalue weighted by Crippen LogP contribution is 2.45. The van der Waals surface area contributed by atoms with Crippen molar-refractivity contribution in [1.29, 1.82) is 0 Å². The number of hydrogen-bond donors (Lipinski definition) is 0. The number of likely N-dealkylation sites (tertiary alicyclic amines) is 2. The summed E-state index contributed by atoms with van der Waals surface area (Å²) in [5.41, 5.74) is 0.918. The average molecular weight is 386 g/mol. The van der Waals surface area contributed by atoms with E-state index in [1.807, 2.05) is 17.0 Å². The molecule has 4 heterocycles. The van der Waals surface area contributed by atoms with E-state index in [0.29, 0.717) is 12.1 Å². The van der Waals surface area contributed by atoms with Gasteiger partial charge in [-0.15, -0.1) is 0 Å². The fraction of sp³-hybridized carbons (Fsp3) is 0.727. The van der Waals surface area contributed by atoms with Gasteiger partial charge in [-0.2, -0.15) is 0 Å². The second-order valence-corrected chi connectivity index (χ2v) is 8.89. The summed E-state index contributed by atoms with van der Waals surface area (Å²) in [6.07, 6.45) is 10.7. The zero-order chi connectivity index (χ0) is 19.0. The zero-order valence-electron chi connectivity index (χ0n) is 16.6. The van der Waals surface area contributed by atoms with E-state index in [9.17, 15) is 4.79 Å². The normalized spacial score (nSPS) is 28.3. The van der Waals surface area contributed by atoms with E-state index in [4.69, 9.17) is 9.47 Å². The van der Waals surface area contributed by atoms with Crippen molar-refractivity contribution in [3.63, 3.8) is 0 Å². The number of ether oxygens (including phenoxy) is 2. The molecule has 5 rings (SSSR count). The molecule has 1 spiro atoms. The molecule has 1 amide bonds. The smallest absolute Gasteiger partial charge is 0.253 e. The van der Waals surface area contributed by atoms with Crippen LogP contribution in [-0.2, 0) is 9.47 Å². The van der Waals surface area contributed by atoms with E-state index < -0.39 is 0 Å². The third kappa shape index (κ3) is 3.46. The maximum atomic E-state index is 12.7. The first kappa shape index (κ1) is 18.5. The van der Waals surface area contributed by atoms with Gasteiger partial charge in [0.25, 0.3) is 5.91 Å². The molecule has 0 N–H and O–H groups in total. The van der Waals surface area contributed by atoms with Crippen LogP contribution in [-0.4, -0.2) is 77.8 Å². The molecule has 1 unspecified atom stereocenters. The molecule has 6 heteroatoms. The van der Waals surface area contributed by atoms with Gasteiger partial charge in [-0.25, -0.2) is 0 Å². The van der Waals surface area contributed by atoms with Gasteiger partial charge in [0.1, 0.15) is 0 Å². The van der Waals surface area contributed by atoms with Crippen molar-refractivity contribution in [3.05, 3.63) is 30.1 Å². The van der Waals surface area contributed by atoms with Gasteiger partial charge in [0.05, 0.1) is 11.6 Å². The molecule has 1 saturated carbocycles. The first-order valence-corrected chi connectivity index (χ1v) is 10.9. The lowest BCUT2D eigenvalue weighted by Crippen LogP contribution is -2.76. The lowest BCUT2D eigenvalue weighted by Gasteiger charge is -2.63. The van der Waals surface area contributed by atoms with Gasteiger partial charge < -0.3 is 14.4 Å². The van der Waals surface area contributed by atoms with E-state index in [2.05, 4.69) is 9.88 Å². The molecular formula is C22H31N3O3. The first-order valence-electron chi connectivity index (χ1n) is 10.9. The average Bonchev–Trinajstić information content (AvgIpc) is 3.58. The van der Waals surface area contributed by atoms with Gasteiger partial charge in [-0.05, 0) is 56.6 Å². The minimum atomic E-state index is 0.135. The molecule has 1 atom stereocenters. The second kappa shape index (κ2) is 7.73. The highest BCUT2D eigenvalue weighted by Gasteiger charge is 2.57. The predicted octanol–water partition coefficient (Wildman–Crippen LogP) is 2.35. The van der Waals surface area contributed by atoms with Crippen molar-refractivity contribution in [2.24, 2.45) is 5.92 Å². The Hall–Kier alpha value is -1.50. The molecule has 4 fully saturated rings. The van der Waals surface area contributed by atoms with Crippen molar-refractivity contribution < 1.29 is 14.3 Å². The first-order chi connectivity index (χ1) is 13.8. The Morgan fingerprint density at radius 3 is 2.54 bits per heavy atom. The number of aromatic nitrogens is 1. The molecule has 1 aromatic heterocycles. The summed E-state index contributed by atoms with van der Waals surface area (Å²) >= 11 is 0. The Bertz CT molecular complexity index is 680. The van der Waals surface area contributed by atoms with Crippen LogP contribution in [0.4, 0.5) is 0 Å². The van der Waals surface area contributed by atoms with Gasteiger partial charge in [0.2, 0.25) is 0 Å². The summed E-state index contributed by atoms with van der Waals surface area (Å²) in [5.74, 6) is 0.948. The molecule has 3 saturated heterocycles. The van der Waals surface area contributed by atoms with Gasteiger partial charge in [-0.3, -0.25) is 14.7 Å². The summed E-state index contributed by atoms with van der Waals surface area (Å²) in [6, 6.07) is 4.17. The van der Waals surface area contributed by atoms with Crippen molar-refractivity contribution >= 4 is 5.91 Å². The van der Waals surface area contributed by atoms with E-state index in [1.54, 1.807) is 12.4 Å². The standard InChI is InChI=1S/C22H31N3O3/c26-21(18-3-9-23-10-4-18)24-11-5-19(6-12-24)25-15-20(28-16-17-1-2-17)22(25)7-13-27-14-8-22/h3-4,9-10,17,19-20H,1-2,5-8,11-16H2. The molecule has 0 radical (unpaired) electrons. The number of nitrogens with zero attached hydrogens (tertiary/aromatic N) is 3. The second-order valence-electron chi connectivity index (χ2n) is 8.89. The number of piperidine rings is 1. The Morgan fingerprint density at radius 2 is 1.86 bits per heavy atom. The highest BCUT2D eigenvalue weighted by atomic mass is 16.5. The number of carbonyl (C=O) groups is 1. The lowest BCUT2D eigenvalue weighted by atomic mass is 9.73. The van der Waals surface area contributed by atoms with Crippen LogP contribution in [0.2, 0.25) is 0 Å². The third-order valence-corrected chi connectivity index (χ3v) is 7.24. The molecule has 1 aliphatic carbocycles. The summed E-state index contributed by atoms with van der Waals surface area (Å²) in [4.78, 5) is 21.4. The monoisotopic (exact) mass is 385 g/mol. The molecular weight excluding hydrogens is 354 g/mol. The van der Waals surface area contributed by atoms with Crippen molar-refractivity contribution in [1.82, 2.24) is 14.8 Å². The number of hydrogen-bond acceptors (Lipinski definition) is 5. The van der Waals surface area contributed by atoms with Crippen LogP contribution < -0.4 is 0 Å². The summed E-state index contributed by atoms with van der Waals surface area (Å²) in [6.45, 7) is 5.36. The largest absolute Gasteiger partial charge is 0.381 e. The van der Waals surface area contributed by atoms with Crippen LogP contribution in [0.3, 0.4) is 0 Å². The summed E-state index contributed by atoms with van der Waals surface area (Å²) in [5, 5.41) is 0. The van der Waals surface area contributed by atoms with Crippen molar-refractivity contribution in [3.8, 4) is 0 Å². The number of carbonyl (C=O) groups excluding carboxylic acids is 1. The predicted molar refractivity (Wildman–Crippen MR) is 105 cm³/mol. The zero-order valence-corrected chi connectivity index (χ0v) is 16.6. The molecule has 0 aromatic carbocycles. The molecule has 6 nitrogen and oxygen atoms in total. The Labute approximate surface area is 167 Å². The summed E-state index contributed by atoms with van der Waals surface area (Å²) in [7, 11) is 0. The minimum Gasteiger partial charge on any atom is -0.381 e. The van der Waals surface area contributed by atoms with E-state index >= 15 is 0 Å². The number of pyridine rings is 1. The lowest BCUT2D eigenvalue weighted by molar-refractivity contribution is -0.217. The van der Waals surface area contributed by atoms with Gasteiger partial charge >= 0.3 is 0 Å². The van der Waals surface area contributed by atoms with Crippen LogP contribution in [0.15, 0.2) is 24.5 Å². The molecule has 4 aliphatic rings. The minimum absolute atomic E-state index is 0.135. The quantitative estimate of drug-likeness (QED) is 0.779. The Morgan fingerprint density at radius 1 is 1.14 bits per heavy atom. The Kier molecular flexibility index (Phi) is 5.11. The van der Waals surface area contributed by atoms with Gasteiger partial charge in [0, 0.05) is 63.5 Å². The van der Waals surface area contributed by atoms with E-state index in [-0.39, 0.29) is 11.4 Å². The van der Waals surface area contributed by atoms with Crippen LogP contribution >= 0.6 is 0 Å². The van der Waals surface area contributed by atoms with Crippen LogP contribution in [0.1, 0.15) is 48.9 Å². The SMILES string of the molecule is O=C(c1ccncc1)N1CCC(N2CC(OCC3CC3)C23CCOCC3)CC1. The van der Waals surface area contributed by atoms with Crippen LogP contribution in [0.5, 0.6) is 0 Å². The fourth-order valence-electron chi connectivity index (χ4n) is 5.25. The molecule has 0 bridgehead atoms. The highest BCUT2D eigenvalue weighted by molar-refractivity contribution is 5.94. The number of amides is 1. The fourth-order valence-corrected chi connectivity index (χ4v) is 5.25. The van der Waals surface area contributed by atoms with E-state index in [1.165, 1.54) is 12.8 Å². The molecule has 152 valence electrons. The van der Waals surface area contributed by atoms with E-state index in [0.717, 1.165) is 76.6 Å². The number of rotatable bonds is 5. The molecule has 3 aliphatic heterocycles. The maximum Gasteiger partial charge on any atom is 0.253 e. The van der Waals surface area contributed by atoms with Crippen molar-refractivity contribution in [2.75, 3.05) is 39.5 Å². The van der Waals surface area contributed by atoms with Crippen molar-refractivity contribution in [2.45, 2.75) is 56.2 Å². The maximum absolute atomic E-state index is 12.7.